The van der Waals surface area contributed by atoms with Crippen LogP contribution in [0.1, 0.15) is 10.4 Å². The van der Waals surface area contributed by atoms with Crippen LogP contribution in [0.2, 0.25) is 0 Å². The Hall–Kier alpha value is -2.40. The van der Waals surface area contributed by atoms with Gasteiger partial charge in [-0.25, -0.2) is 0 Å². The normalized spacial score (nSPS) is 10.5. The summed E-state index contributed by atoms with van der Waals surface area (Å²) < 4.78 is 0.871. The van der Waals surface area contributed by atoms with Crippen molar-refractivity contribution in [1.29, 1.82) is 0 Å². The largest absolute Gasteiger partial charge is 0.322 e. The van der Waals surface area contributed by atoms with Gasteiger partial charge >= 0.3 is 0 Å². The van der Waals surface area contributed by atoms with Crippen LogP contribution in [0, 0.1) is 0 Å². The Morgan fingerprint density at radius 3 is 2.67 bits per heavy atom. The second kappa shape index (κ2) is 5.54. The van der Waals surface area contributed by atoms with E-state index in [0.717, 1.165) is 4.47 Å². The van der Waals surface area contributed by atoms with Crippen molar-refractivity contribution in [3.05, 3.63) is 75.0 Å². The fraction of sp³-hybridized carbons (Fsp3) is 0. The predicted molar refractivity (Wildman–Crippen MR) is 86.7 cm³/mol. The molecule has 0 unspecified atom stereocenters. The van der Waals surface area contributed by atoms with Crippen LogP contribution >= 0.6 is 15.9 Å². The third-order valence-corrected chi connectivity index (χ3v) is 3.57. The van der Waals surface area contributed by atoms with E-state index in [1.54, 1.807) is 24.3 Å². The van der Waals surface area contributed by atoms with Crippen molar-refractivity contribution < 1.29 is 4.79 Å². The van der Waals surface area contributed by atoms with Crippen molar-refractivity contribution in [2.24, 2.45) is 0 Å². The molecule has 1 aromatic heterocycles. The molecule has 0 saturated carbocycles. The molecule has 104 valence electrons. The molecule has 3 aromatic rings. The number of halogens is 1. The van der Waals surface area contributed by atoms with E-state index in [4.69, 9.17) is 0 Å². The van der Waals surface area contributed by atoms with E-state index < -0.39 is 0 Å². The average molecular weight is 343 g/mol. The molecule has 5 heteroatoms. The SMILES string of the molecule is O=C(Nc1cccc(Br)c1)c1cc(=O)[nH]c2ccccc12. The van der Waals surface area contributed by atoms with E-state index in [1.165, 1.54) is 6.07 Å². The lowest BCUT2D eigenvalue weighted by atomic mass is 10.1. The number of pyridine rings is 1. The molecule has 0 aliphatic heterocycles. The molecule has 0 spiro atoms. The Bertz CT molecular complexity index is 887. The molecule has 2 aromatic carbocycles. The van der Waals surface area contributed by atoms with Crippen molar-refractivity contribution in [2.45, 2.75) is 0 Å². The first-order valence-corrected chi connectivity index (χ1v) is 7.12. The Balaban J connectivity index is 2.04. The Kier molecular flexibility index (Phi) is 3.58. The Morgan fingerprint density at radius 1 is 1.05 bits per heavy atom. The minimum atomic E-state index is -0.310. The third kappa shape index (κ3) is 2.87. The highest BCUT2D eigenvalue weighted by atomic mass is 79.9. The topological polar surface area (TPSA) is 62.0 Å². The molecule has 1 amide bonds. The molecule has 0 aliphatic carbocycles. The second-order valence-corrected chi connectivity index (χ2v) is 5.47. The minimum Gasteiger partial charge on any atom is -0.322 e. The predicted octanol–water partition coefficient (Wildman–Crippen LogP) is 3.54. The number of H-pyrrole nitrogens is 1. The van der Waals surface area contributed by atoms with Crippen LogP contribution in [0.3, 0.4) is 0 Å². The number of rotatable bonds is 2. The summed E-state index contributed by atoms with van der Waals surface area (Å²) >= 11 is 3.35. The van der Waals surface area contributed by atoms with E-state index in [2.05, 4.69) is 26.2 Å². The van der Waals surface area contributed by atoms with Crippen LogP contribution in [0.25, 0.3) is 10.9 Å². The summed E-state index contributed by atoms with van der Waals surface area (Å²) in [5, 5.41) is 3.51. The molecule has 2 N–H and O–H groups in total. The summed E-state index contributed by atoms with van der Waals surface area (Å²) in [5.74, 6) is -0.310. The Morgan fingerprint density at radius 2 is 1.86 bits per heavy atom. The van der Waals surface area contributed by atoms with Crippen molar-refractivity contribution in [2.75, 3.05) is 5.32 Å². The second-order valence-electron chi connectivity index (χ2n) is 4.56. The highest BCUT2D eigenvalue weighted by Crippen LogP contribution is 2.19. The molecule has 0 fully saturated rings. The summed E-state index contributed by atoms with van der Waals surface area (Å²) in [6.45, 7) is 0. The van der Waals surface area contributed by atoms with E-state index in [-0.39, 0.29) is 11.5 Å². The van der Waals surface area contributed by atoms with Gasteiger partial charge in [-0.05, 0) is 24.3 Å². The summed E-state index contributed by atoms with van der Waals surface area (Å²) in [5.41, 5.74) is 1.37. The van der Waals surface area contributed by atoms with Gasteiger partial charge in [-0.2, -0.15) is 0 Å². The zero-order valence-corrected chi connectivity index (χ0v) is 12.5. The first kappa shape index (κ1) is 13.6. The summed E-state index contributed by atoms with van der Waals surface area (Å²) in [6.07, 6.45) is 0. The van der Waals surface area contributed by atoms with Gasteiger partial charge in [0.05, 0.1) is 5.56 Å². The molecule has 4 nitrogen and oxygen atoms in total. The summed E-state index contributed by atoms with van der Waals surface area (Å²) in [7, 11) is 0. The number of benzene rings is 2. The number of para-hydroxylation sites is 1. The first-order chi connectivity index (χ1) is 10.1. The lowest BCUT2D eigenvalue weighted by Gasteiger charge is -2.08. The molecule has 0 saturated heterocycles. The van der Waals surface area contributed by atoms with Gasteiger partial charge in [-0.3, -0.25) is 9.59 Å². The number of carbonyl (C=O) groups is 1. The molecule has 3 rings (SSSR count). The van der Waals surface area contributed by atoms with Gasteiger partial charge in [-0.15, -0.1) is 0 Å². The van der Waals surface area contributed by atoms with Crippen LogP contribution in [-0.2, 0) is 0 Å². The molecule has 1 heterocycles. The molecule has 0 bridgehead atoms. The monoisotopic (exact) mass is 342 g/mol. The maximum Gasteiger partial charge on any atom is 0.256 e. The molecule has 0 atom stereocenters. The van der Waals surface area contributed by atoms with Gasteiger partial charge in [0.25, 0.3) is 5.91 Å². The molecular weight excluding hydrogens is 332 g/mol. The van der Waals surface area contributed by atoms with Gasteiger partial charge in [0.1, 0.15) is 0 Å². The number of nitrogens with one attached hydrogen (secondary N) is 2. The van der Waals surface area contributed by atoms with Crippen LogP contribution in [0.5, 0.6) is 0 Å². The fourth-order valence-electron chi connectivity index (χ4n) is 2.16. The van der Waals surface area contributed by atoms with Gasteiger partial charge < -0.3 is 10.3 Å². The highest BCUT2D eigenvalue weighted by Gasteiger charge is 2.11. The van der Waals surface area contributed by atoms with Crippen molar-refractivity contribution >= 4 is 38.4 Å². The summed E-state index contributed by atoms with van der Waals surface area (Å²) in [6, 6.07) is 15.8. The van der Waals surface area contributed by atoms with E-state index in [9.17, 15) is 9.59 Å². The zero-order chi connectivity index (χ0) is 14.8. The number of aromatic amines is 1. The van der Waals surface area contributed by atoms with E-state index in [0.29, 0.717) is 22.2 Å². The minimum absolute atomic E-state index is 0.298. The Labute approximate surface area is 128 Å². The van der Waals surface area contributed by atoms with Crippen molar-refractivity contribution in [3.63, 3.8) is 0 Å². The maximum atomic E-state index is 12.4. The van der Waals surface area contributed by atoms with E-state index in [1.807, 2.05) is 24.3 Å². The maximum absolute atomic E-state index is 12.4. The van der Waals surface area contributed by atoms with Gasteiger partial charge in [0.2, 0.25) is 5.56 Å². The third-order valence-electron chi connectivity index (χ3n) is 3.08. The first-order valence-electron chi connectivity index (χ1n) is 6.32. The van der Waals surface area contributed by atoms with Crippen molar-refractivity contribution in [3.8, 4) is 0 Å². The van der Waals surface area contributed by atoms with E-state index >= 15 is 0 Å². The number of fused-ring (bicyclic) bond motifs is 1. The number of amides is 1. The highest BCUT2D eigenvalue weighted by molar-refractivity contribution is 9.10. The van der Waals surface area contributed by atoms with Crippen LogP contribution in [-0.4, -0.2) is 10.9 Å². The standard InChI is InChI=1S/C16H11BrN2O2/c17-10-4-3-5-11(8-10)18-16(21)13-9-15(20)19-14-7-2-1-6-12(13)14/h1-9H,(H,18,21)(H,19,20). The fourth-order valence-corrected chi connectivity index (χ4v) is 2.56. The number of hydrogen-bond acceptors (Lipinski definition) is 2. The lowest BCUT2D eigenvalue weighted by molar-refractivity contribution is 0.102. The number of aromatic nitrogens is 1. The van der Waals surface area contributed by atoms with Gasteiger partial charge in [0, 0.05) is 27.1 Å². The number of carbonyl (C=O) groups excluding carboxylic acids is 1. The van der Waals surface area contributed by atoms with Crippen LogP contribution in [0.15, 0.2) is 63.9 Å². The quantitative estimate of drug-likeness (QED) is 0.748. The molecular formula is C16H11BrN2O2. The molecule has 0 aliphatic rings. The van der Waals surface area contributed by atoms with Crippen molar-refractivity contribution in [1.82, 2.24) is 4.98 Å². The lowest BCUT2D eigenvalue weighted by Crippen LogP contribution is -2.16. The van der Waals surface area contributed by atoms with Crippen LogP contribution in [0.4, 0.5) is 5.69 Å². The smallest absolute Gasteiger partial charge is 0.256 e. The number of anilines is 1. The number of hydrogen-bond donors (Lipinski definition) is 2. The zero-order valence-electron chi connectivity index (χ0n) is 10.9. The van der Waals surface area contributed by atoms with Gasteiger partial charge in [-0.1, -0.05) is 40.2 Å². The average Bonchev–Trinajstić information content (AvgIpc) is 2.46. The van der Waals surface area contributed by atoms with Crippen LogP contribution < -0.4 is 10.9 Å². The molecule has 21 heavy (non-hydrogen) atoms. The van der Waals surface area contributed by atoms with Gasteiger partial charge in [0.15, 0.2) is 0 Å². The summed E-state index contributed by atoms with van der Waals surface area (Å²) in [4.78, 5) is 26.8. The molecule has 0 radical (unpaired) electrons.